The normalized spacial score (nSPS) is 11.4. The summed E-state index contributed by atoms with van der Waals surface area (Å²) in [5.41, 5.74) is -0.641. The number of halogens is 1. The summed E-state index contributed by atoms with van der Waals surface area (Å²) >= 11 is 0. The Morgan fingerprint density at radius 3 is 2.50 bits per heavy atom. The van der Waals surface area contributed by atoms with Gasteiger partial charge in [0.25, 0.3) is 0 Å². The van der Waals surface area contributed by atoms with Gasteiger partial charge in [0.15, 0.2) is 5.82 Å². The van der Waals surface area contributed by atoms with E-state index in [1.807, 2.05) is 0 Å². The fourth-order valence-electron chi connectivity index (χ4n) is 1.13. The van der Waals surface area contributed by atoms with Gasteiger partial charge in [-0.3, -0.25) is 4.98 Å². The van der Waals surface area contributed by atoms with Crippen LogP contribution >= 0.6 is 0 Å². The minimum atomic E-state index is -1.27. The van der Waals surface area contributed by atoms with E-state index in [1.165, 1.54) is 6.20 Å². The molecule has 0 bridgehead atoms. The maximum absolute atomic E-state index is 13.6. The molecule has 0 aliphatic carbocycles. The monoisotopic (exact) mass is 197 g/mol. The van der Waals surface area contributed by atoms with Gasteiger partial charge < -0.3 is 5.11 Å². The number of carboxylic acids is 1. The van der Waals surface area contributed by atoms with Crippen molar-refractivity contribution in [3.8, 4) is 0 Å². The molecule has 14 heavy (non-hydrogen) atoms. The Kier molecular flexibility index (Phi) is 2.55. The van der Waals surface area contributed by atoms with Crippen LogP contribution in [0.2, 0.25) is 0 Å². The van der Waals surface area contributed by atoms with Gasteiger partial charge in [0.1, 0.15) is 0 Å². The Morgan fingerprint density at radius 1 is 1.50 bits per heavy atom. The predicted octanol–water partition coefficient (Wildman–Crippen LogP) is 2.22. The standard InChI is InChI=1S/C10H12FNO2/c1-10(2,3)8-7(11)6(9(13)14)4-5-12-8/h4-5H,1-3H3,(H,13,14). The van der Waals surface area contributed by atoms with Crippen molar-refractivity contribution in [2.75, 3.05) is 0 Å². The lowest BCUT2D eigenvalue weighted by molar-refractivity contribution is 0.0691. The highest BCUT2D eigenvalue weighted by atomic mass is 19.1. The summed E-state index contributed by atoms with van der Waals surface area (Å²) in [6, 6.07) is 1.16. The number of hydrogen-bond donors (Lipinski definition) is 1. The van der Waals surface area contributed by atoms with E-state index in [1.54, 1.807) is 20.8 Å². The molecule has 1 aromatic heterocycles. The molecule has 0 amide bonds. The third kappa shape index (κ3) is 1.89. The maximum Gasteiger partial charge on any atom is 0.338 e. The first-order valence-electron chi connectivity index (χ1n) is 4.22. The van der Waals surface area contributed by atoms with Gasteiger partial charge in [-0.2, -0.15) is 0 Å². The van der Waals surface area contributed by atoms with Crippen molar-refractivity contribution in [3.63, 3.8) is 0 Å². The number of carbonyl (C=O) groups is 1. The molecule has 0 aromatic carbocycles. The van der Waals surface area contributed by atoms with Crippen LogP contribution in [0.1, 0.15) is 36.8 Å². The average molecular weight is 197 g/mol. The molecule has 0 aliphatic heterocycles. The number of aromatic nitrogens is 1. The lowest BCUT2D eigenvalue weighted by Gasteiger charge is -2.18. The van der Waals surface area contributed by atoms with Crippen LogP contribution in [0.5, 0.6) is 0 Å². The molecular weight excluding hydrogens is 185 g/mol. The van der Waals surface area contributed by atoms with Gasteiger partial charge in [-0.25, -0.2) is 9.18 Å². The molecule has 0 saturated carbocycles. The molecule has 1 N–H and O–H groups in total. The molecule has 3 nitrogen and oxygen atoms in total. The molecule has 0 unspecified atom stereocenters. The zero-order valence-electron chi connectivity index (χ0n) is 8.34. The van der Waals surface area contributed by atoms with Crippen LogP contribution in [0.3, 0.4) is 0 Å². The van der Waals surface area contributed by atoms with Crippen molar-refractivity contribution in [2.45, 2.75) is 26.2 Å². The molecule has 0 atom stereocenters. The van der Waals surface area contributed by atoms with Crippen molar-refractivity contribution in [1.82, 2.24) is 4.98 Å². The summed E-state index contributed by atoms with van der Waals surface area (Å²) in [4.78, 5) is 14.5. The van der Waals surface area contributed by atoms with Crippen LogP contribution < -0.4 is 0 Å². The largest absolute Gasteiger partial charge is 0.478 e. The van der Waals surface area contributed by atoms with Gasteiger partial charge in [-0.1, -0.05) is 20.8 Å². The molecule has 4 heteroatoms. The third-order valence-corrected chi connectivity index (χ3v) is 1.83. The van der Waals surface area contributed by atoms with Crippen LogP contribution in [0.25, 0.3) is 0 Å². The lowest BCUT2D eigenvalue weighted by Crippen LogP contribution is -2.18. The van der Waals surface area contributed by atoms with Gasteiger partial charge in [-0.15, -0.1) is 0 Å². The fourth-order valence-corrected chi connectivity index (χ4v) is 1.13. The third-order valence-electron chi connectivity index (χ3n) is 1.83. The topological polar surface area (TPSA) is 50.2 Å². The zero-order valence-corrected chi connectivity index (χ0v) is 8.34. The van der Waals surface area contributed by atoms with Gasteiger partial charge in [0.05, 0.1) is 11.3 Å². The molecule has 0 saturated heterocycles. The summed E-state index contributed by atoms with van der Waals surface area (Å²) in [5.74, 6) is -2.01. The van der Waals surface area contributed by atoms with E-state index in [9.17, 15) is 9.18 Å². The van der Waals surface area contributed by atoms with E-state index in [4.69, 9.17) is 5.11 Å². The zero-order chi connectivity index (χ0) is 10.9. The second-order valence-electron chi connectivity index (χ2n) is 4.08. The predicted molar refractivity (Wildman–Crippen MR) is 49.9 cm³/mol. The van der Waals surface area contributed by atoms with Crippen LogP contribution in [-0.2, 0) is 5.41 Å². The van der Waals surface area contributed by atoms with E-state index in [-0.39, 0.29) is 11.3 Å². The van der Waals surface area contributed by atoms with Gasteiger partial charge >= 0.3 is 5.97 Å². The highest BCUT2D eigenvalue weighted by molar-refractivity contribution is 5.87. The van der Waals surface area contributed by atoms with Gasteiger partial charge in [-0.05, 0) is 6.07 Å². The molecule has 76 valence electrons. The second kappa shape index (κ2) is 3.36. The average Bonchev–Trinajstić information content (AvgIpc) is 2.01. The number of nitrogens with zero attached hydrogens (tertiary/aromatic N) is 1. The molecule has 0 fully saturated rings. The SMILES string of the molecule is CC(C)(C)c1nccc(C(=O)O)c1F. The van der Waals surface area contributed by atoms with Crippen LogP contribution in [0, 0.1) is 5.82 Å². The smallest absolute Gasteiger partial charge is 0.338 e. The quantitative estimate of drug-likeness (QED) is 0.750. The Labute approximate surface area is 81.6 Å². The van der Waals surface area contributed by atoms with Crippen LogP contribution in [0.15, 0.2) is 12.3 Å². The van der Waals surface area contributed by atoms with Crippen molar-refractivity contribution in [2.24, 2.45) is 0 Å². The summed E-state index contributed by atoms with van der Waals surface area (Å²) in [6.45, 7) is 5.35. The van der Waals surface area contributed by atoms with E-state index in [2.05, 4.69) is 4.98 Å². The highest BCUT2D eigenvalue weighted by Gasteiger charge is 2.24. The summed E-state index contributed by atoms with van der Waals surface area (Å²) < 4.78 is 13.6. The van der Waals surface area contributed by atoms with E-state index in [0.717, 1.165) is 6.07 Å². The minimum absolute atomic E-state index is 0.178. The fraction of sp³-hybridized carbons (Fsp3) is 0.400. The number of hydrogen-bond acceptors (Lipinski definition) is 2. The maximum atomic E-state index is 13.6. The van der Waals surface area contributed by atoms with Crippen molar-refractivity contribution in [3.05, 3.63) is 29.3 Å². The number of carboxylic acid groups (broad SMARTS) is 1. The Morgan fingerprint density at radius 2 is 2.07 bits per heavy atom. The van der Waals surface area contributed by atoms with Crippen molar-refractivity contribution < 1.29 is 14.3 Å². The molecule has 1 rings (SSSR count). The molecule has 0 radical (unpaired) electrons. The molecular formula is C10H12FNO2. The molecule has 1 aromatic rings. The van der Waals surface area contributed by atoms with Crippen LogP contribution in [-0.4, -0.2) is 16.1 Å². The van der Waals surface area contributed by atoms with E-state index >= 15 is 0 Å². The molecule has 1 heterocycles. The van der Waals surface area contributed by atoms with Gasteiger partial charge in [0.2, 0.25) is 0 Å². The number of pyridine rings is 1. The Balaban J connectivity index is 3.35. The highest BCUT2D eigenvalue weighted by Crippen LogP contribution is 2.24. The first-order valence-corrected chi connectivity index (χ1v) is 4.22. The Bertz CT molecular complexity index is 369. The van der Waals surface area contributed by atoms with E-state index in [0.29, 0.717) is 0 Å². The van der Waals surface area contributed by atoms with Crippen molar-refractivity contribution >= 4 is 5.97 Å². The molecule has 0 aliphatic rings. The van der Waals surface area contributed by atoms with E-state index < -0.39 is 17.2 Å². The first-order chi connectivity index (χ1) is 6.34. The number of rotatable bonds is 1. The van der Waals surface area contributed by atoms with Gasteiger partial charge in [0, 0.05) is 11.6 Å². The summed E-state index contributed by atoms with van der Waals surface area (Å²) in [7, 11) is 0. The first kappa shape index (κ1) is 10.6. The molecule has 0 spiro atoms. The van der Waals surface area contributed by atoms with Crippen molar-refractivity contribution in [1.29, 1.82) is 0 Å². The Hall–Kier alpha value is -1.45. The summed E-state index contributed by atoms with van der Waals surface area (Å²) in [5, 5.41) is 8.69. The lowest BCUT2D eigenvalue weighted by atomic mass is 9.90. The second-order valence-corrected chi connectivity index (χ2v) is 4.08. The summed E-state index contributed by atoms with van der Waals surface area (Å²) in [6.07, 6.45) is 1.31. The minimum Gasteiger partial charge on any atom is -0.478 e. The number of aromatic carboxylic acids is 1. The van der Waals surface area contributed by atoms with Crippen LogP contribution in [0.4, 0.5) is 4.39 Å².